The zero-order valence-electron chi connectivity index (χ0n) is 22.5. The average Bonchev–Trinajstić information content (AvgIpc) is 3.57. The fourth-order valence-corrected chi connectivity index (χ4v) is 4.57. The van der Waals surface area contributed by atoms with Crippen LogP contribution in [0.15, 0.2) is 71.3 Å². The highest BCUT2D eigenvalue weighted by atomic mass is 16.5. The number of rotatable bonds is 8. The zero-order chi connectivity index (χ0) is 28.0. The summed E-state index contributed by atoms with van der Waals surface area (Å²) in [6, 6.07) is 16.7. The number of nitrogens with one attached hydrogen (secondary N) is 4. The largest absolute Gasteiger partial charge is 0.497 e. The van der Waals surface area contributed by atoms with Crippen molar-refractivity contribution in [1.82, 2.24) is 20.9 Å². The maximum Gasteiger partial charge on any atom is 0.322 e. The van der Waals surface area contributed by atoms with E-state index in [4.69, 9.17) is 9.15 Å². The Bertz CT molecular complexity index is 1380. The van der Waals surface area contributed by atoms with Crippen LogP contribution in [0.1, 0.15) is 39.7 Å². The Morgan fingerprint density at radius 1 is 1.13 bits per heavy atom. The summed E-state index contributed by atoms with van der Waals surface area (Å²) in [5, 5.41) is 11.0. The molecule has 0 unspecified atom stereocenters. The first-order chi connectivity index (χ1) is 18.8. The van der Waals surface area contributed by atoms with E-state index in [0.717, 1.165) is 17.7 Å². The SMILES string of the molecule is C/C=C/NCc1ccccc1.CNc1oc([C@]2(CN3Cc4ccc(OC)cc4C3=O)NC(=O)NC2=O)cc1C. The Morgan fingerprint density at radius 3 is 2.51 bits per heavy atom. The van der Waals surface area contributed by atoms with Crippen LogP contribution in [0.25, 0.3) is 0 Å². The van der Waals surface area contributed by atoms with E-state index in [1.54, 1.807) is 25.2 Å². The van der Waals surface area contributed by atoms with Gasteiger partial charge in [0.25, 0.3) is 11.8 Å². The number of amides is 4. The molecule has 0 spiro atoms. The molecule has 4 amide bonds. The highest BCUT2D eigenvalue weighted by Gasteiger charge is 2.53. The molecule has 4 N–H and O–H groups in total. The molecule has 1 fully saturated rings. The summed E-state index contributed by atoms with van der Waals surface area (Å²) in [5.74, 6) is 0.536. The smallest absolute Gasteiger partial charge is 0.322 e. The molecule has 10 nitrogen and oxygen atoms in total. The van der Waals surface area contributed by atoms with E-state index in [1.165, 1.54) is 17.6 Å². The van der Waals surface area contributed by atoms with Crippen molar-refractivity contribution in [1.29, 1.82) is 0 Å². The lowest BCUT2D eigenvalue weighted by Gasteiger charge is -2.29. The molecule has 3 heterocycles. The van der Waals surface area contributed by atoms with Crippen molar-refractivity contribution in [3.05, 3.63) is 94.9 Å². The lowest BCUT2D eigenvalue weighted by atomic mass is 9.95. The van der Waals surface area contributed by atoms with E-state index >= 15 is 0 Å². The molecule has 204 valence electrons. The van der Waals surface area contributed by atoms with Crippen molar-refractivity contribution in [3.8, 4) is 5.75 Å². The third-order valence-electron chi connectivity index (χ3n) is 6.56. The number of methoxy groups -OCH3 is 1. The summed E-state index contributed by atoms with van der Waals surface area (Å²) >= 11 is 0. The maximum absolute atomic E-state index is 12.9. The lowest BCUT2D eigenvalue weighted by Crippen LogP contribution is -2.52. The number of carbonyl (C=O) groups is 3. The van der Waals surface area contributed by atoms with Gasteiger partial charge in [-0.1, -0.05) is 42.5 Å². The number of ether oxygens (including phenoxy) is 1. The predicted octanol–water partition coefficient (Wildman–Crippen LogP) is 3.64. The van der Waals surface area contributed by atoms with E-state index in [1.807, 2.05) is 50.4 Å². The van der Waals surface area contributed by atoms with Crippen LogP contribution in [0.4, 0.5) is 10.7 Å². The van der Waals surface area contributed by atoms with Gasteiger partial charge in [-0.15, -0.1) is 0 Å². The van der Waals surface area contributed by atoms with Crippen LogP contribution >= 0.6 is 0 Å². The van der Waals surface area contributed by atoms with Crippen LogP contribution < -0.4 is 26.0 Å². The highest BCUT2D eigenvalue weighted by molar-refractivity contribution is 6.08. The molecule has 0 aliphatic carbocycles. The first kappa shape index (κ1) is 27.3. The number of fused-ring (bicyclic) bond motifs is 1. The van der Waals surface area contributed by atoms with Crippen LogP contribution in [-0.2, 0) is 23.4 Å². The van der Waals surface area contributed by atoms with Gasteiger partial charge in [0, 0.05) is 31.3 Å². The van der Waals surface area contributed by atoms with E-state index in [0.29, 0.717) is 23.7 Å². The molecule has 5 rings (SSSR count). The Labute approximate surface area is 227 Å². The monoisotopic (exact) mass is 531 g/mol. The molecule has 2 aliphatic heterocycles. The normalized spacial score (nSPS) is 17.8. The molecule has 10 heteroatoms. The van der Waals surface area contributed by atoms with Gasteiger partial charge in [0.1, 0.15) is 11.5 Å². The standard InChI is InChI=1S/C19H20N4O5.C10H13N/c1-10-6-14(28-15(10)20-2)19(17(25)21-18(26)22-19)9-23-8-11-4-5-12(27-3)7-13(11)16(23)24;1-2-8-11-9-10-6-4-3-5-7-10/h4-7,20H,8-9H2,1-3H3,(H2,21,22,25,26);2-8,11H,9H2,1H3/b;8-2+/t19-;/m0./s1. The quantitative estimate of drug-likeness (QED) is 0.327. The number of aryl methyl sites for hydroxylation is 1. The van der Waals surface area contributed by atoms with Crippen molar-refractivity contribution in [3.63, 3.8) is 0 Å². The number of anilines is 1. The summed E-state index contributed by atoms with van der Waals surface area (Å²) < 4.78 is 11.0. The average molecular weight is 532 g/mol. The van der Waals surface area contributed by atoms with Crippen LogP contribution in [0, 0.1) is 6.92 Å². The molecule has 0 saturated carbocycles. The van der Waals surface area contributed by atoms with Gasteiger partial charge in [-0.05, 0) is 49.4 Å². The molecule has 0 bridgehead atoms. The van der Waals surface area contributed by atoms with Crippen LogP contribution in [-0.4, -0.2) is 43.4 Å². The molecule has 2 aliphatic rings. The Kier molecular flexibility index (Phi) is 8.24. The zero-order valence-corrected chi connectivity index (χ0v) is 22.5. The van der Waals surface area contributed by atoms with Crippen LogP contribution in [0.5, 0.6) is 5.75 Å². The molecule has 0 radical (unpaired) electrons. The minimum atomic E-state index is -1.50. The summed E-state index contributed by atoms with van der Waals surface area (Å²) in [6.07, 6.45) is 3.94. The second-order valence-corrected chi connectivity index (χ2v) is 9.24. The number of hydrogen-bond donors (Lipinski definition) is 4. The maximum atomic E-state index is 12.9. The van der Waals surface area contributed by atoms with Crippen molar-refractivity contribution in [2.75, 3.05) is 26.0 Å². The first-order valence-corrected chi connectivity index (χ1v) is 12.6. The summed E-state index contributed by atoms with van der Waals surface area (Å²) in [4.78, 5) is 39.1. The molecular formula is C29H33N5O5. The van der Waals surface area contributed by atoms with E-state index in [9.17, 15) is 14.4 Å². The second kappa shape index (κ2) is 11.8. The van der Waals surface area contributed by atoms with Gasteiger partial charge in [-0.3, -0.25) is 14.9 Å². The van der Waals surface area contributed by atoms with Gasteiger partial charge in [0.2, 0.25) is 0 Å². The summed E-state index contributed by atoms with van der Waals surface area (Å²) in [7, 11) is 3.23. The molecule has 1 aromatic heterocycles. The number of hydrogen-bond acceptors (Lipinski definition) is 7. The highest BCUT2D eigenvalue weighted by Crippen LogP contribution is 2.35. The number of urea groups is 1. The Balaban J connectivity index is 0.000000270. The first-order valence-electron chi connectivity index (χ1n) is 12.6. The Hall–Kier alpha value is -4.73. The van der Waals surface area contributed by atoms with Crippen molar-refractivity contribution < 1.29 is 23.5 Å². The number of furan rings is 1. The van der Waals surface area contributed by atoms with Gasteiger partial charge in [-0.25, -0.2) is 4.79 Å². The topological polar surface area (TPSA) is 125 Å². The predicted molar refractivity (Wildman–Crippen MR) is 147 cm³/mol. The van der Waals surface area contributed by atoms with Crippen molar-refractivity contribution in [2.45, 2.75) is 32.5 Å². The fraction of sp³-hybridized carbons (Fsp3) is 0.276. The van der Waals surface area contributed by atoms with Crippen molar-refractivity contribution >= 4 is 23.7 Å². The summed E-state index contributed by atoms with van der Waals surface area (Å²) in [5.41, 5.74) is 1.94. The summed E-state index contributed by atoms with van der Waals surface area (Å²) in [6.45, 7) is 4.99. The number of carbonyl (C=O) groups excluding carboxylic acids is 3. The lowest BCUT2D eigenvalue weighted by molar-refractivity contribution is -0.125. The molecule has 39 heavy (non-hydrogen) atoms. The van der Waals surface area contributed by atoms with Crippen LogP contribution in [0.3, 0.4) is 0 Å². The van der Waals surface area contributed by atoms with Crippen molar-refractivity contribution in [2.24, 2.45) is 0 Å². The minimum Gasteiger partial charge on any atom is -0.497 e. The third kappa shape index (κ3) is 5.74. The van der Waals surface area contributed by atoms with E-state index < -0.39 is 17.5 Å². The van der Waals surface area contributed by atoms with E-state index in [2.05, 4.69) is 33.4 Å². The second-order valence-electron chi connectivity index (χ2n) is 9.24. The van der Waals surface area contributed by atoms with Gasteiger partial charge in [0.15, 0.2) is 11.4 Å². The number of benzene rings is 2. The molecule has 3 aromatic rings. The Morgan fingerprint density at radius 2 is 1.90 bits per heavy atom. The van der Waals surface area contributed by atoms with Gasteiger partial charge in [0.05, 0.1) is 13.7 Å². The number of allylic oxidation sites excluding steroid dienone is 1. The third-order valence-corrected chi connectivity index (χ3v) is 6.56. The van der Waals surface area contributed by atoms with Gasteiger partial charge < -0.3 is 30.0 Å². The molecule has 2 aromatic carbocycles. The van der Waals surface area contributed by atoms with E-state index in [-0.39, 0.29) is 18.2 Å². The fourth-order valence-electron chi connectivity index (χ4n) is 4.57. The molecule has 1 saturated heterocycles. The minimum absolute atomic E-state index is 0.0590. The molecule has 1 atom stereocenters. The molecular weight excluding hydrogens is 498 g/mol. The van der Waals surface area contributed by atoms with Gasteiger partial charge >= 0.3 is 6.03 Å². The number of imide groups is 1. The van der Waals surface area contributed by atoms with Gasteiger partial charge in [-0.2, -0.15) is 0 Å². The van der Waals surface area contributed by atoms with Crippen LogP contribution in [0.2, 0.25) is 0 Å². The number of nitrogens with zero attached hydrogens (tertiary/aromatic N) is 1.